The van der Waals surface area contributed by atoms with Crippen LogP contribution >= 0.6 is 0 Å². The average Bonchev–Trinajstić information content (AvgIpc) is 2.17. The van der Waals surface area contributed by atoms with E-state index in [4.69, 9.17) is 5.11 Å². The number of hydrogen-bond donors (Lipinski definition) is 1. The first kappa shape index (κ1) is 8.62. The lowest BCUT2D eigenvalue weighted by Gasteiger charge is -2.01. The summed E-state index contributed by atoms with van der Waals surface area (Å²) in [6.07, 6.45) is 2.58. The molecule has 1 N–H and O–H groups in total. The number of aromatic nitrogens is 1. The molecule has 0 amide bonds. The van der Waals surface area contributed by atoms with E-state index < -0.39 is 11.8 Å². The number of aromatic carboxylic acids is 1. The quantitative estimate of drug-likeness (QED) is 0.750. The Bertz CT molecular complexity index is 505. The Labute approximate surface area is 78.8 Å². The highest BCUT2D eigenvalue weighted by Gasteiger charge is 2.11. The molecule has 1 aromatic heterocycles. The standard InChI is InChI=1S/C10H6FNO2/c11-8-3-1-2-6-4-12-5-7(9(6)8)10(13)14/h1-5H,(H,13,14). The number of fused-ring (bicyclic) bond motifs is 1. The zero-order valence-corrected chi connectivity index (χ0v) is 7.07. The van der Waals surface area contributed by atoms with E-state index >= 15 is 0 Å². The van der Waals surface area contributed by atoms with Crippen molar-refractivity contribution in [1.82, 2.24) is 4.98 Å². The average molecular weight is 191 g/mol. The monoisotopic (exact) mass is 191 g/mol. The molecule has 0 fully saturated rings. The fraction of sp³-hybridized carbons (Fsp3) is 0. The summed E-state index contributed by atoms with van der Waals surface area (Å²) in [7, 11) is 0. The van der Waals surface area contributed by atoms with Gasteiger partial charge >= 0.3 is 5.97 Å². The Kier molecular flexibility index (Phi) is 1.89. The number of pyridine rings is 1. The predicted molar refractivity (Wildman–Crippen MR) is 48.7 cm³/mol. The SMILES string of the molecule is O=C(O)c1cncc2cccc(F)c12. The summed E-state index contributed by atoms with van der Waals surface area (Å²) in [6.45, 7) is 0. The van der Waals surface area contributed by atoms with Crippen LogP contribution in [-0.4, -0.2) is 16.1 Å². The van der Waals surface area contributed by atoms with Crippen LogP contribution in [-0.2, 0) is 0 Å². The summed E-state index contributed by atoms with van der Waals surface area (Å²) in [4.78, 5) is 14.5. The van der Waals surface area contributed by atoms with Gasteiger partial charge in [-0.05, 0) is 6.07 Å². The largest absolute Gasteiger partial charge is 0.478 e. The predicted octanol–water partition coefficient (Wildman–Crippen LogP) is 2.07. The van der Waals surface area contributed by atoms with Crippen molar-refractivity contribution in [2.45, 2.75) is 0 Å². The third-order valence-corrected chi connectivity index (χ3v) is 1.96. The van der Waals surface area contributed by atoms with Crippen LogP contribution in [0.3, 0.4) is 0 Å². The normalized spacial score (nSPS) is 10.4. The van der Waals surface area contributed by atoms with E-state index in [1.165, 1.54) is 18.3 Å². The fourth-order valence-electron chi connectivity index (χ4n) is 1.35. The maximum Gasteiger partial charge on any atom is 0.338 e. The van der Waals surface area contributed by atoms with Crippen molar-refractivity contribution in [3.63, 3.8) is 0 Å². The van der Waals surface area contributed by atoms with Gasteiger partial charge in [-0.3, -0.25) is 4.98 Å². The summed E-state index contributed by atoms with van der Waals surface area (Å²) in [5.41, 5.74) is -0.111. The van der Waals surface area contributed by atoms with Crippen molar-refractivity contribution in [3.8, 4) is 0 Å². The molecule has 0 aliphatic rings. The molecule has 0 saturated carbocycles. The molecule has 3 nitrogen and oxygen atoms in total. The Morgan fingerprint density at radius 1 is 1.36 bits per heavy atom. The van der Waals surface area contributed by atoms with Gasteiger partial charge in [-0.1, -0.05) is 12.1 Å². The molecule has 2 rings (SSSR count). The molecule has 70 valence electrons. The highest BCUT2D eigenvalue weighted by Crippen LogP contribution is 2.20. The molecule has 1 heterocycles. The van der Waals surface area contributed by atoms with E-state index in [-0.39, 0.29) is 10.9 Å². The minimum Gasteiger partial charge on any atom is -0.478 e. The third kappa shape index (κ3) is 1.21. The zero-order valence-electron chi connectivity index (χ0n) is 7.07. The molecule has 4 heteroatoms. The molecule has 0 unspecified atom stereocenters. The molecule has 2 aromatic rings. The van der Waals surface area contributed by atoms with Gasteiger partial charge in [0, 0.05) is 23.2 Å². The van der Waals surface area contributed by atoms with E-state index in [9.17, 15) is 9.18 Å². The van der Waals surface area contributed by atoms with Crippen LogP contribution < -0.4 is 0 Å². The van der Waals surface area contributed by atoms with Gasteiger partial charge in [0.05, 0.1) is 5.56 Å². The number of carboxylic acid groups (broad SMARTS) is 1. The summed E-state index contributed by atoms with van der Waals surface area (Å²) in [5, 5.41) is 9.40. The second-order valence-corrected chi connectivity index (χ2v) is 2.83. The Morgan fingerprint density at radius 3 is 2.86 bits per heavy atom. The van der Waals surface area contributed by atoms with Crippen molar-refractivity contribution in [1.29, 1.82) is 0 Å². The number of benzene rings is 1. The molecule has 0 spiro atoms. The molecular weight excluding hydrogens is 185 g/mol. The lowest BCUT2D eigenvalue weighted by molar-refractivity contribution is 0.0698. The molecule has 1 aromatic carbocycles. The molecule has 0 aliphatic carbocycles. The van der Waals surface area contributed by atoms with Crippen LogP contribution in [0.15, 0.2) is 30.6 Å². The molecule has 0 radical (unpaired) electrons. The van der Waals surface area contributed by atoms with Gasteiger partial charge in [0.1, 0.15) is 5.82 Å². The Morgan fingerprint density at radius 2 is 2.14 bits per heavy atom. The van der Waals surface area contributed by atoms with Gasteiger partial charge in [-0.2, -0.15) is 0 Å². The van der Waals surface area contributed by atoms with Gasteiger partial charge < -0.3 is 5.11 Å². The van der Waals surface area contributed by atoms with Crippen molar-refractivity contribution >= 4 is 16.7 Å². The van der Waals surface area contributed by atoms with Crippen LogP contribution in [0.25, 0.3) is 10.8 Å². The third-order valence-electron chi connectivity index (χ3n) is 1.96. The second kappa shape index (κ2) is 3.06. The van der Waals surface area contributed by atoms with Crippen LogP contribution in [0.1, 0.15) is 10.4 Å². The minimum absolute atomic E-state index is 0.106. The number of hydrogen-bond acceptors (Lipinski definition) is 2. The van der Waals surface area contributed by atoms with Crippen molar-refractivity contribution in [2.75, 3.05) is 0 Å². The summed E-state index contributed by atoms with van der Waals surface area (Å²) in [5.74, 6) is -1.71. The molecule has 14 heavy (non-hydrogen) atoms. The van der Waals surface area contributed by atoms with Gasteiger partial charge in [0.25, 0.3) is 0 Å². The second-order valence-electron chi connectivity index (χ2n) is 2.83. The lowest BCUT2D eigenvalue weighted by atomic mass is 10.1. The number of carboxylic acids is 1. The molecule has 0 aliphatic heterocycles. The molecule has 0 atom stereocenters. The van der Waals surface area contributed by atoms with E-state index in [0.29, 0.717) is 5.39 Å². The highest BCUT2D eigenvalue weighted by molar-refractivity contribution is 6.03. The van der Waals surface area contributed by atoms with Gasteiger partial charge in [-0.15, -0.1) is 0 Å². The molecule has 0 saturated heterocycles. The van der Waals surface area contributed by atoms with Crippen LogP contribution in [0.5, 0.6) is 0 Å². The summed E-state index contributed by atoms with van der Waals surface area (Å²) in [6, 6.07) is 4.37. The molecule has 0 bridgehead atoms. The number of rotatable bonds is 1. The Balaban J connectivity index is 2.91. The topological polar surface area (TPSA) is 50.2 Å². The maximum atomic E-state index is 13.3. The smallest absolute Gasteiger partial charge is 0.338 e. The van der Waals surface area contributed by atoms with E-state index in [0.717, 1.165) is 6.20 Å². The minimum atomic E-state index is -1.17. The van der Waals surface area contributed by atoms with E-state index in [2.05, 4.69) is 4.98 Å². The number of halogens is 1. The van der Waals surface area contributed by atoms with Crippen LogP contribution in [0.2, 0.25) is 0 Å². The summed E-state index contributed by atoms with van der Waals surface area (Å²) >= 11 is 0. The number of carbonyl (C=O) groups is 1. The van der Waals surface area contributed by atoms with Crippen molar-refractivity contribution < 1.29 is 14.3 Å². The van der Waals surface area contributed by atoms with Crippen LogP contribution in [0.4, 0.5) is 4.39 Å². The van der Waals surface area contributed by atoms with Gasteiger partial charge in [0.15, 0.2) is 0 Å². The molecular formula is C10H6FNO2. The van der Waals surface area contributed by atoms with Gasteiger partial charge in [-0.25, -0.2) is 9.18 Å². The first-order chi connectivity index (χ1) is 6.70. The van der Waals surface area contributed by atoms with Crippen LogP contribution in [0, 0.1) is 5.82 Å². The first-order valence-corrected chi connectivity index (χ1v) is 3.95. The maximum absolute atomic E-state index is 13.3. The van der Waals surface area contributed by atoms with Crippen molar-refractivity contribution in [3.05, 3.63) is 42.0 Å². The van der Waals surface area contributed by atoms with E-state index in [1.807, 2.05) is 0 Å². The fourth-order valence-corrected chi connectivity index (χ4v) is 1.35. The first-order valence-electron chi connectivity index (χ1n) is 3.95. The van der Waals surface area contributed by atoms with Gasteiger partial charge in [0.2, 0.25) is 0 Å². The Hall–Kier alpha value is -1.97. The zero-order chi connectivity index (χ0) is 10.1. The lowest BCUT2D eigenvalue weighted by Crippen LogP contribution is -1.99. The summed E-state index contributed by atoms with van der Waals surface area (Å²) < 4.78 is 13.3. The van der Waals surface area contributed by atoms with E-state index in [1.54, 1.807) is 6.07 Å². The highest BCUT2D eigenvalue weighted by atomic mass is 19.1. The number of nitrogens with zero attached hydrogens (tertiary/aromatic N) is 1. The van der Waals surface area contributed by atoms with Crippen molar-refractivity contribution in [2.24, 2.45) is 0 Å².